The lowest BCUT2D eigenvalue weighted by Gasteiger charge is -1.94. The molecule has 1 N–H and O–H groups in total. The summed E-state index contributed by atoms with van der Waals surface area (Å²) in [4.78, 5) is 17.8. The lowest BCUT2D eigenvalue weighted by molar-refractivity contribution is -0.113. The molecule has 0 aromatic carbocycles. The van der Waals surface area contributed by atoms with Crippen molar-refractivity contribution in [1.82, 2.24) is 5.32 Å². The average Bonchev–Trinajstić information content (AvgIpc) is 2.06. The maximum absolute atomic E-state index is 10.6. The number of carbonyl (C=O) groups is 1. The smallest absolute Gasteiger partial charge is 0.311 e. The molecule has 0 aromatic heterocycles. The number of hydrogen-bond acceptors (Lipinski definition) is 3. The molecular formula is C6H11N3O2. The Bertz CT molecular complexity index is 186. The molecule has 0 aliphatic rings. The summed E-state index contributed by atoms with van der Waals surface area (Å²) in [7, 11) is 4.48. The molecule has 0 saturated carbocycles. The van der Waals surface area contributed by atoms with Crippen LogP contribution in [0.25, 0.3) is 0 Å². The monoisotopic (exact) mass is 157 g/mol. The predicted molar refractivity (Wildman–Crippen MR) is 42.9 cm³/mol. The molecule has 0 radical (unpaired) electrons. The summed E-state index contributed by atoms with van der Waals surface area (Å²) in [6.07, 6.45) is 1.10. The van der Waals surface area contributed by atoms with E-state index in [9.17, 15) is 4.79 Å². The van der Waals surface area contributed by atoms with Gasteiger partial charge in [0.05, 0.1) is 13.3 Å². The second-order valence-electron chi connectivity index (χ2n) is 1.58. The van der Waals surface area contributed by atoms with E-state index in [1.54, 1.807) is 0 Å². The topological polar surface area (TPSA) is 63.0 Å². The Morgan fingerprint density at radius 2 is 2.27 bits per heavy atom. The van der Waals surface area contributed by atoms with Gasteiger partial charge in [0.15, 0.2) is 0 Å². The van der Waals surface area contributed by atoms with Crippen molar-refractivity contribution in [2.24, 2.45) is 9.98 Å². The van der Waals surface area contributed by atoms with Crippen molar-refractivity contribution in [3.8, 4) is 0 Å². The van der Waals surface area contributed by atoms with Crippen LogP contribution >= 0.6 is 0 Å². The molecule has 0 rings (SSSR count). The quantitative estimate of drug-likeness (QED) is 0.409. The molecule has 5 heteroatoms. The summed E-state index contributed by atoms with van der Waals surface area (Å²) in [6, 6.07) is 0.175. The lowest BCUT2D eigenvalue weighted by Crippen LogP contribution is -2.19. The van der Waals surface area contributed by atoms with E-state index in [2.05, 4.69) is 20.0 Å². The van der Waals surface area contributed by atoms with Crippen LogP contribution in [0.2, 0.25) is 0 Å². The van der Waals surface area contributed by atoms with Crippen LogP contribution in [0.3, 0.4) is 0 Å². The van der Waals surface area contributed by atoms with Gasteiger partial charge >= 0.3 is 6.02 Å². The highest BCUT2D eigenvalue weighted by Gasteiger charge is 1.92. The maximum Gasteiger partial charge on any atom is 0.311 e. The number of rotatable bonds is 1. The molecule has 0 heterocycles. The van der Waals surface area contributed by atoms with Crippen LogP contribution in [0.1, 0.15) is 0 Å². The molecule has 0 spiro atoms. The molecule has 0 fully saturated rings. The van der Waals surface area contributed by atoms with Gasteiger partial charge in [-0.25, -0.2) is 4.99 Å². The van der Waals surface area contributed by atoms with E-state index >= 15 is 0 Å². The van der Waals surface area contributed by atoms with Crippen LogP contribution in [0.15, 0.2) is 9.98 Å². The van der Waals surface area contributed by atoms with Gasteiger partial charge in [-0.2, -0.15) is 4.99 Å². The Labute approximate surface area is 65.2 Å². The predicted octanol–water partition coefficient (Wildman–Crippen LogP) is -0.565. The zero-order chi connectivity index (χ0) is 8.69. The first-order chi connectivity index (χ1) is 5.24. The van der Waals surface area contributed by atoms with Gasteiger partial charge in [-0.3, -0.25) is 4.79 Å². The number of carbonyl (C=O) groups excluding carboxylic acids is 1. The first kappa shape index (κ1) is 9.61. The first-order valence-corrected chi connectivity index (χ1v) is 3.01. The molecule has 0 aromatic rings. The summed E-state index contributed by atoms with van der Waals surface area (Å²) >= 11 is 0. The molecule has 0 aliphatic carbocycles. The highest BCUT2D eigenvalue weighted by molar-refractivity contribution is 6.27. The third kappa shape index (κ3) is 4.07. The fourth-order valence-electron chi connectivity index (χ4n) is 0.380. The van der Waals surface area contributed by atoms with Crippen molar-refractivity contribution < 1.29 is 9.53 Å². The highest BCUT2D eigenvalue weighted by atomic mass is 16.5. The van der Waals surface area contributed by atoms with Gasteiger partial charge in [0, 0.05) is 14.1 Å². The van der Waals surface area contributed by atoms with E-state index in [0.717, 1.165) is 6.21 Å². The number of nitrogens with zero attached hydrogens (tertiary/aromatic N) is 2. The number of methoxy groups -OCH3 is 1. The molecular weight excluding hydrogens is 146 g/mol. The Balaban J connectivity index is 4.00. The molecule has 0 atom stereocenters. The number of aliphatic imine (C=N–C) groups is 2. The normalized spacial score (nSPS) is 11.7. The zero-order valence-corrected chi connectivity index (χ0v) is 6.79. The van der Waals surface area contributed by atoms with E-state index in [0.29, 0.717) is 0 Å². The minimum absolute atomic E-state index is 0.175. The molecule has 0 saturated heterocycles. The van der Waals surface area contributed by atoms with E-state index in [1.807, 2.05) is 0 Å². The van der Waals surface area contributed by atoms with Crippen molar-refractivity contribution in [1.29, 1.82) is 0 Å². The zero-order valence-electron chi connectivity index (χ0n) is 6.79. The standard InChI is InChI=1S/C6H11N3O2/c1-7-5(10)4-9-6(8-2)11-3/h4H,1-3H3,(H,7,10). The lowest BCUT2D eigenvalue weighted by atomic mass is 10.7. The summed E-state index contributed by atoms with van der Waals surface area (Å²) in [5, 5.41) is 2.37. The van der Waals surface area contributed by atoms with Gasteiger partial charge in [0.25, 0.3) is 5.91 Å². The SMILES string of the molecule is CN=C(N=CC(=O)NC)OC. The van der Waals surface area contributed by atoms with Crippen LogP contribution in [0.4, 0.5) is 0 Å². The first-order valence-electron chi connectivity index (χ1n) is 3.01. The second kappa shape index (κ2) is 5.40. The average molecular weight is 157 g/mol. The molecule has 0 aliphatic heterocycles. The minimum Gasteiger partial charge on any atom is -0.467 e. The summed E-state index contributed by atoms with van der Waals surface area (Å²) in [5.74, 6) is -0.289. The number of hydrogen-bond donors (Lipinski definition) is 1. The van der Waals surface area contributed by atoms with E-state index < -0.39 is 0 Å². The maximum atomic E-state index is 10.6. The Morgan fingerprint density at radius 1 is 1.64 bits per heavy atom. The van der Waals surface area contributed by atoms with Gasteiger partial charge in [-0.1, -0.05) is 0 Å². The molecule has 1 amide bonds. The van der Waals surface area contributed by atoms with Gasteiger partial charge in [-0.05, 0) is 0 Å². The third-order valence-electron chi connectivity index (χ3n) is 0.913. The molecule has 0 bridgehead atoms. The Hall–Kier alpha value is -1.39. The summed E-state index contributed by atoms with van der Waals surface area (Å²) in [6.45, 7) is 0. The highest BCUT2D eigenvalue weighted by Crippen LogP contribution is 1.78. The minimum atomic E-state index is -0.289. The van der Waals surface area contributed by atoms with Crippen molar-refractivity contribution in [3.63, 3.8) is 0 Å². The summed E-state index contributed by atoms with van der Waals surface area (Å²) < 4.78 is 4.67. The fourth-order valence-corrected chi connectivity index (χ4v) is 0.380. The number of amidine groups is 1. The van der Waals surface area contributed by atoms with Crippen LogP contribution in [0.5, 0.6) is 0 Å². The Morgan fingerprint density at radius 3 is 2.64 bits per heavy atom. The second-order valence-corrected chi connectivity index (χ2v) is 1.58. The number of ether oxygens (including phenoxy) is 1. The van der Waals surface area contributed by atoms with E-state index in [1.165, 1.54) is 21.2 Å². The van der Waals surface area contributed by atoms with Crippen molar-refractivity contribution in [2.75, 3.05) is 21.2 Å². The van der Waals surface area contributed by atoms with E-state index in [4.69, 9.17) is 0 Å². The largest absolute Gasteiger partial charge is 0.467 e. The molecule has 5 nitrogen and oxygen atoms in total. The number of amides is 1. The molecule has 11 heavy (non-hydrogen) atoms. The van der Waals surface area contributed by atoms with Crippen molar-refractivity contribution in [2.45, 2.75) is 0 Å². The van der Waals surface area contributed by atoms with Gasteiger partial charge in [0.2, 0.25) is 0 Å². The van der Waals surface area contributed by atoms with Crippen molar-refractivity contribution in [3.05, 3.63) is 0 Å². The summed E-state index contributed by atoms with van der Waals surface area (Å²) in [5.41, 5.74) is 0. The number of nitrogens with one attached hydrogen (secondary N) is 1. The van der Waals surface area contributed by atoms with Crippen LogP contribution in [-0.4, -0.2) is 39.3 Å². The van der Waals surface area contributed by atoms with Crippen LogP contribution in [0, 0.1) is 0 Å². The van der Waals surface area contributed by atoms with Gasteiger partial charge < -0.3 is 10.1 Å². The third-order valence-corrected chi connectivity index (χ3v) is 0.913. The van der Waals surface area contributed by atoms with Crippen LogP contribution < -0.4 is 5.32 Å². The fraction of sp³-hybridized carbons (Fsp3) is 0.500. The van der Waals surface area contributed by atoms with E-state index in [-0.39, 0.29) is 11.9 Å². The van der Waals surface area contributed by atoms with Gasteiger partial charge in [-0.15, -0.1) is 0 Å². The Kier molecular flexibility index (Phi) is 4.72. The van der Waals surface area contributed by atoms with Crippen molar-refractivity contribution >= 4 is 18.1 Å². The molecule has 62 valence electrons. The van der Waals surface area contributed by atoms with Gasteiger partial charge in [0.1, 0.15) is 0 Å². The molecule has 0 unspecified atom stereocenters. The van der Waals surface area contributed by atoms with Crippen LogP contribution in [-0.2, 0) is 9.53 Å².